The quantitative estimate of drug-likeness (QED) is 0.398. The van der Waals surface area contributed by atoms with Gasteiger partial charge in [0.1, 0.15) is 0 Å². The fourth-order valence-electron chi connectivity index (χ4n) is 4.65. The van der Waals surface area contributed by atoms with Gasteiger partial charge in [-0.3, -0.25) is 0 Å². The van der Waals surface area contributed by atoms with Crippen LogP contribution in [0.5, 0.6) is 0 Å². The van der Waals surface area contributed by atoms with Crippen molar-refractivity contribution in [3.8, 4) is 0 Å². The molecule has 2 N–H and O–H groups in total. The average Bonchev–Trinajstić information content (AvgIpc) is 3.44. The number of hydrogen-bond acceptors (Lipinski definition) is 2. The van der Waals surface area contributed by atoms with Crippen LogP contribution < -0.4 is 31.4 Å². The molecular formula is C30H44Cl2Hf2N2Si2. The van der Waals surface area contributed by atoms with E-state index in [4.69, 9.17) is 0 Å². The summed E-state index contributed by atoms with van der Waals surface area (Å²) in [6, 6.07) is 17.7. The first-order valence-corrected chi connectivity index (χ1v) is 38.7. The number of hydrogen-bond donors (Lipinski definition) is 2. The van der Waals surface area contributed by atoms with Gasteiger partial charge in [0.2, 0.25) is 0 Å². The van der Waals surface area contributed by atoms with Gasteiger partial charge in [-0.1, -0.05) is 0 Å². The van der Waals surface area contributed by atoms with Gasteiger partial charge in [-0.2, -0.15) is 0 Å². The van der Waals surface area contributed by atoms with Gasteiger partial charge in [0.25, 0.3) is 0 Å². The number of nitrogens with one attached hydrogen (secondary N) is 2. The van der Waals surface area contributed by atoms with Crippen molar-refractivity contribution in [1.82, 2.24) is 0 Å². The Morgan fingerprint density at radius 3 is 1.24 bits per heavy atom. The Morgan fingerprint density at radius 1 is 0.605 bits per heavy atom. The van der Waals surface area contributed by atoms with Crippen LogP contribution in [0.3, 0.4) is 0 Å². The zero-order valence-electron chi connectivity index (χ0n) is 24.3. The number of anilines is 2. The molecule has 4 rings (SSSR count). The van der Waals surface area contributed by atoms with Crippen molar-refractivity contribution in [2.45, 2.75) is 66.7 Å². The Labute approximate surface area is 262 Å². The summed E-state index contributed by atoms with van der Waals surface area (Å²) >= 11 is -3.51. The van der Waals surface area contributed by atoms with Gasteiger partial charge < -0.3 is 24.8 Å². The summed E-state index contributed by atoms with van der Waals surface area (Å²) in [4.78, 5) is 0. The Balaban J connectivity index is 0.000000361. The maximum Gasteiger partial charge on any atom is -1.00 e. The van der Waals surface area contributed by atoms with Crippen molar-refractivity contribution in [3.05, 3.63) is 102 Å². The average molecular weight is 917 g/mol. The smallest absolute Gasteiger partial charge is 1.00 e. The molecule has 0 atom stereocenters. The van der Waals surface area contributed by atoms with E-state index in [1.54, 1.807) is 6.66 Å². The molecule has 204 valence electrons. The Morgan fingerprint density at radius 2 is 0.974 bits per heavy atom. The number of aryl methyl sites for hydroxylation is 2. The van der Waals surface area contributed by atoms with Crippen LogP contribution in [0.15, 0.2) is 90.6 Å². The molecule has 0 bridgehead atoms. The van der Waals surface area contributed by atoms with Crippen LogP contribution in [0.4, 0.5) is 11.4 Å². The Bertz CT molecular complexity index is 1080. The van der Waals surface area contributed by atoms with Gasteiger partial charge in [0, 0.05) is 0 Å². The van der Waals surface area contributed by atoms with E-state index >= 15 is 0 Å². The molecule has 8 heteroatoms. The third kappa shape index (κ3) is 11.3. The van der Waals surface area contributed by atoms with E-state index in [1.807, 2.05) is 0 Å². The Hall–Kier alpha value is -0.246. The SMILES string of the molecule is CC1=CC[C]([Hf+]([NH]c2cccc(C)c2)[SiH](C)C)=C1.CC1=CC[C]([Hf+]([NH]c2cccc(C)c2)[SiH](C)C)=C1.[Cl-].[Cl-]. The van der Waals surface area contributed by atoms with Crippen LogP contribution in [0.25, 0.3) is 0 Å². The second kappa shape index (κ2) is 17.5. The third-order valence-corrected chi connectivity index (χ3v) is 53.7. The molecule has 0 saturated heterocycles. The number of rotatable bonds is 8. The van der Waals surface area contributed by atoms with Crippen LogP contribution in [-0.2, 0) is 41.8 Å². The molecule has 38 heavy (non-hydrogen) atoms. The largest absolute Gasteiger partial charge is 1.00 e. The summed E-state index contributed by atoms with van der Waals surface area (Å²) in [5, 5.41) is 0. The summed E-state index contributed by atoms with van der Waals surface area (Å²) in [5.74, 6) is -1.10. The molecule has 2 aliphatic carbocycles. The van der Waals surface area contributed by atoms with Crippen LogP contribution in [0.1, 0.15) is 37.8 Å². The Kier molecular flexibility index (Phi) is 16.5. The molecule has 2 aromatic carbocycles. The van der Waals surface area contributed by atoms with Crippen LogP contribution in [0.2, 0.25) is 26.2 Å². The predicted octanol–water partition coefficient (Wildman–Crippen LogP) is 2.32. The molecule has 0 heterocycles. The monoisotopic (exact) mass is 918 g/mol. The van der Waals surface area contributed by atoms with E-state index in [-0.39, 0.29) is 24.8 Å². The van der Waals surface area contributed by atoms with E-state index in [2.05, 4.69) is 133 Å². The molecule has 2 nitrogen and oxygen atoms in total. The molecule has 0 amide bonds. The molecule has 0 saturated carbocycles. The first-order valence-electron chi connectivity index (χ1n) is 13.3. The van der Waals surface area contributed by atoms with Crippen LogP contribution in [-0.4, -0.2) is 12.0 Å². The van der Waals surface area contributed by atoms with E-state index in [1.165, 1.54) is 46.5 Å². The normalized spacial score (nSPS) is 13.7. The van der Waals surface area contributed by atoms with E-state index in [0.717, 1.165) is 0 Å². The molecule has 0 aliphatic heterocycles. The molecule has 0 fully saturated rings. The fraction of sp³-hybridized carbons (Fsp3) is 0.333. The summed E-state index contributed by atoms with van der Waals surface area (Å²) in [6.07, 6.45) is 12.1. The zero-order valence-corrected chi connectivity index (χ0v) is 35.3. The van der Waals surface area contributed by atoms with E-state index < -0.39 is 53.8 Å². The molecule has 0 aromatic heterocycles. The van der Waals surface area contributed by atoms with E-state index in [0.29, 0.717) is 0 Å². The van der Waals surface area contributed by atoms with Crippen LogP contribution in [0, 0.1) is 13.8 Å². The minimum atomic E-state index is -1.76. The first-order chi connectivity index (χ1) is 17.1. The second-order valence-corrected chi connectivity index (χ2v) is 62.1. The topological polar surface area (TPSA) is 24.1 Å². The zero-order chi connectivity index (χ0) is 26.2. The second-order valence-electron chi connectivity index (χ2n) is 10.8. The van der Waals surface area contributed by atoms with E-state index in [9.17, 15) is 0 Å². The summed E-state index contributed by atoms with van der Waals surface area (Å²) < 4.78 is 11.5. The summed E-state index contributed by atoms with van der Waals surface area (Å²) in [6.45, 7) is 18.8. The van der Waals surface area contributed by atoms with Gasteiger partial charge in [-0.05, 0) is 0 Å². The number of benzene rings is 2. The minimum Gasteiger partial charge on any atom is -1.00 e. The fourth-order valence-corrected chi connectivity index (χ4v) is 44.5. The minimum absolute atomic E-state index is 0. The van der Waals surface area contributed by atoms with Crippen molar-refractivity contribution in [2.24, 2.45) is 0 Å². The maximum atomic E-state index is 3.95. The first kappa shape index (κ1) is 35.8. The van der Waals surface area contributed by atoms with Gasteiger partial charge in [-0.15, -0.1) is 0 Å². The van der Waals surface area contributed by atoms with Crippen molar-refractivity contribution in [1.29, 1.82) is 0 Å². The van der Waals surface area contributed by atoms with Crippen LogP contribution >= 0.6 is 0 Å². The van der Waals surface area contributed by atoms with Crippen molar-refractivity contribution in [3.63, 3.8) is 0 Å². The molecule has 2 aromatic rings. The molecule has 0 radical (unpaired) electrons. The van der Waals surface area contributed by atoms with Crippen molar-refractivity contribution >= 4 is 23.3 Å². The predicted molar refractivity (Wildman–Crippen MR) is 160 cm³/mol. The summed E-state index contributed by atoms with van der Waals surface area (Å²) in [5.41, 5.74) is 8.34. The van der Waals surface area contributed by atoms with Gasteiger partial charge >= 0.3 is 240 Å². The van der Waals surface area contributed by atoms with Gasteiger partial charge in [0.15, 0.2) is 0 Å². The maximum absolute atomic E-state index is 3.95. The molecular weight excluding hydrogens is 872 g/mol. The van der Waals surface area contributed by atoms with Gasteiger partial charge in [0.05, 0.1) is 0 Å². The standard InChI is InChI=1S/2C7H8N.2C6H7.2C2H7Si.2ClH.2Hf/c2*1-6-3-2-4-7(8)5-6;2*1-6-4-2-3-5-6;2*1-3-2;;;;/h2*2-5,8H,1H3;2*4-5H,2H2,1H3;2*3H,1-2H3;2*1H;;/q2*-1;;;;;;;2*+2/p-2. The number of halogens is 2. The van der Waals surface area contributed by atoms with Crippen molar-refractivity contribution in [2.75, 3.05) is 6.61 Å². The molecule has 0 spiro atoms. The van der Waals surface area contributed by atoms with Crippen molar-refractivity contribution < 1.29 is 66.6 Å². The molecule has 0 unspecified atom stereocenters. The number of allylic oxidation sites excluding steroid dienone is 8. The summed E-state index contributed by atoms with van der Waals surface area (Å²) in [7, 11) is 0. The third-order valence-electron chi connectivity index (χ3n) is 6.53. The molecule has 2 aliphatic rings. The van der Waals surface area contributed by atoms with Gasteiger partial charge in [-0.25, -0.2) is 0 Å².